The van der Waals surface area contributed by atoms with Crippen molar-refractivity contribution in [1.82, 2.24) is 4.98 Å². The molecule has 2 rings (SSSR count). The van der Waals surface area contributed by atoms with E-state index in [1.807, 2.05) is 18.2 Å². The van der Waals surface area contributed by atoms with Crippen molar-refractivity contribution in [3.05, 3.63) is 47.8 Å². The Bertz CT molecular complexity index is 551. The Hall–Kier alpha value is -2.27. The average molecular weight is 274 g/mol. The second-order valence-electron chi connectivity index (χ2n) is 4.16. The standard InChI is InChI=1S/C15H18N2O3/c1-18-13-6-14(19-2)8-15(7-13)20-10-12-5-3-4-11(9-16)17-12/h3-8H,9-10,16H2,1-2H3. The summed E-state index contributed by atoms with van der Waals surface area (Å²) in [6, 6.07) is 11.1. The van der Waals surface area contributed by atoms with Gasteiger partial charge in [-0.1, -0.05) is 6.07 Å². The van der Waals surface area contributed by atoms with Crippen molar-refractivity contribution in [1.29, 1.82) is 0 Å². The van der Waals surface area contributed by atoms with Crippen molar-refractivity contribution < 1.29 is 14.2 Å². The average Bonchev–Trinajstić information content (AvgIpc) is 2.52. The summed E-state index contributed by atoms with van der Waals surface area (Å²) in [5.74, 6) is 2.03. The van der Waals surface area contributed by atoms with Crippen LogP contribution in [0.25, 0.3) is 0 Å². The quantitative estimate of drug-likeness (QED) is 0.874. The number of aromatic nitrogens is 1. The summed E-state index contributed by atoms with van der Waals surface area (Å²) in [4.78, 5) is 4.38. The van der Waals surface area contributed by atoms with Gasteiger partial charge in [-0.2, -0.15) is 0 Å². The first-order valence-electron chi connectivity index (χ1n) is 6.26. The van der Waals surface area contributed by atoms with Gasteiger partial charge in [-0.15, -0.1) is 0 Å². The van der Waals surface area contributed by atoms with E-state index in [1.54, 1.807) is 32.4 Å². The van der Waals surface area contributed by atoms with Gasteiger partial charge in [-0.25, -0.2) is 0 Å². The Labute approximate surface area is 118 Å². The molecular formula is C15H18N2O3. The largest absolute Gasteiger partial charge is 0.496 e. The van der Waals surface area contributed by atoms with Crippen molar-refractivity contribution in [3.63, 3.8) is 0 Å². The number of hydrogen-bond donors (Lipinski definition) is 1. The SMILES string of the molecule is COc1cc(OC)cc(OCc2cccc(CN)n2)c1. The Kier molecular flexibility index (Phi) is 4.79. The Morgan fingerprint density at radius 2 is 1.55 bits per heavy atom. The predicted molar refractivity (Wildman–Crippen MR) is 76.0 cm³/mol. The molecule has 0 radical (unpaired) electrons. The van der Waals surface area contributed by atoms with Gasteiger partial charge < -0.3 is 19.9 Å². The summed E-state index contributed by atoms with van der Waals surface area (Å²) in [6.07, 6.45) is 0. The summed E-state index contributed by atoms with van der Waals surface area (Å²) in [6.45, 7) is 0.783. The molecule has 0 aliphatic rings. The van der Waals surface area contributed by atoms with Crippen molar-refractivity contribution in [2.24, 2.45) is 5.73 Å². The minimum atomic E-state index is 0.365. The number of nitrogens with zero attached hydrogens (tertiary/aromatic N) is 1. The molecule has 0 aliphatic carbocycles. The second-order valence-corrected chi connectivity index (χ2v) is 4.16. The molecule has 0 bridgehead atoms. The van der Waals surface area contributed by atoms with Gasteiger partial charge in [0, 0.05) is 24.7 Å². The lowest BCUT2D eigenvalue weighted by atomic mass is 10.3. The zero-order valence-electron chi connectivity index (χ0n) is 11.6. The highest BCUT2D eigenvalue weighted by Crippen LogP contribution is 2.27. The summed E-state index contributed by atoms with van der Waals surface area (Å²) >= 11 is 0. The van der Waals surface area contributed by atoms with E-state index in [0.717, 1.165) is 11.4 Å². The lowest BCUT2D eigenvalue weighted by Crippen LogP contribution is -2.04. The van der Waals surface area contributed by atoms with Crippen LogP contribution in [-0.2, 0) is 13.2 Å². The highest BCUT2D eigenvalue weighted by Gasteiger charge is 2.04. The van der Waals surface area contributed by atoms with Gasteiger partial charge in [0.15, 0.2) is 0 Å². The lowest BCUT2D eigenvalue weighted by molar-refractivity contribution is 0.295. The van der Waals surface area contributed by atoms with Gasteiger partial charge in [0.25, 0.3) is 0 Å². The minimum Gasteiger partial charge on any atom is -0.496 e. The fourth-order valence-electron chi connectivity index (χ4n) is 1.75. The van der Waals surface area contributed by atoms with E-state index in [1.165, 1.54) is 0 Å². The van der Waals surface area contributed by atoms with Crippen LogP contribution in [0.15, 0.2) is 36.4 Å². The highest BCUT2D eigenvalue weighted by atomic mass is 16.5. The van der Waals surface area contributed by atoms with Crippen LogP contribution in [0.5, 0.6) is 17.2 Å². The fourth-order valence-corrected chi connectivity index (χ4v) is 1.75. The van der Waals surface area contributed by atoms with Crippen molar-refractivity contribution in [3.8, 4) is 17.2 Å². The van der Waals surface area contributed by atoms with Gasteiger partial charge in [0.05, 0.1) is 25.6 Å². The van der Waals surface area contributed by atoms with Gasteiger partial charge in [0.1, 0.15) is 23.9 Å². The zero-order valence-corrected chi connectivity index (χ0v) is 11.6. The Morgan fingerprint density at radius 1 is 0.950 bits per heavy atom. The van der Waals surface area contributed by atoms with Gasteiger partial charge in [-0.05, 0) is 12.1 Å². The zero-order chi connectivity index (χ0) is 14.4. The van der Waals surface area contributed by atoms with Crippen molar-refractivity contribution in [2.45, 2.75) is 13.2 Å². The molecule has 0 unspecified atom stereocenters. The molecule has 5 nitrogen and oxygen atoms in total. The summed E-state index contributed by atoms with van der Waals surface area (Å²) in [7, 11) is 3.20. The van der Waals surface area contributed by atoms with E-state index >= 15 is 0 Å². The highest BCUT2D eigenvalue weighted by molar-refractivity contribution is 5.42. The summed E-state index contributed by atoms with van der Waals surface area (Å²) in [5.41, 5.74) is 7.24. The number of rotatable bonds is 6. The number of hydrogen-bond acceptors (Lipinski definition) is 5. The molecule has 0 spiro atoms. The predicted octanol–water partition coefficient (Wildman–Crippen LogP) is 2.14. The minimum absolute atomic E-state index is 0.365. The maximum Gasteiger partial charge on any atom is 0.130 e. The Morgan fingerprint density at radius 3 is 2.15 bits per heavy atom. The van der Waals surface area contributed by atoms with Crippen LogP contribution in [0.2, 0.25) is 0 Å². The molecule has 1 heterocycles. The summed E-state index contributed by atoms with van der Waals surface area (Å²) in [5, 5.41) is 0. The van der Waals surface area contributed by atoms with E-state index in [-0.39, 0.29) is 0 Å². The molecule has 2 N–H and O–H groups in total. The van der Waals surface area contributed by atoms with E-state index in [4.69, 9.17) is 19.9 Å². The first kappa shape index (κ1) is 14.1. The molecule has 2 aromatic rings. The van der Waals surface area contributed by atoms with E-state index in [9.17, 15) is 0 Å². The van der Waals surface area contributed by atoms with E-state index in [2.05, 4.69) is 4.98 Å². The molecule has 0 aliphatic heterocycles. The molecule has 5 heteroatoms. The molecule has 1 aromatic heterocycles. The Balaban J connectivity index is 2.09. The number of methoxy groups -OCH3 is 2. The van der Waals surface area contributed by atoms with Crippen molar-refractivity contribution in [2.75, 3.05) is 14.2 Å². The van der Waals surface area contributed by atoms with Crippen LogP contribution in [-0.4, -0.2) is 19.2 Å². The molecule has 0 fully saturated rings. The topological polar surface area (TPSA) is 66.6 Å². The molecule has 0 amide bonds. The number of benzene rings is 1. The maximum atomic E-state index is 5.71. The normalized spacial score (nSPS) is 10.2. The number of ether oxygens (including phenoxy) is 3. The monoisotopic (exact) mass is 274 g/mol. The van der Waals surface area contributed by atoms with Gasteiger partial charge >= 0.3 is 0 Å². The first-order valence-corrected chi connectivity index (χ1v) is 6.26. The van der Waals surface area contributed by atoms with Crippen LogP contribution in [0.4, 0.5) is 0 Å². The van der Waals surface area contributed by atoms with E-state index < -0.39 is 0 Å². The molecule has 0 atom stereocenters. The maximum absolute atomic E-state index is 5.71. The lowest BCUT2D eigenvalue weighted by Gasteiger charge is -2.10. The first-order chi connectivity index (χ1) is 9.75. The molecule has 0 saturated heterocycles. The smallest absolute Gasteiger partial charge is 0.130 e. The third kappa shape index (κ3) is 3.61. The third-order valence-corrected chi connectivity index (χ3v) is 2.79. The summed E-state index contributed by atoms with van der Waals surface area (Å²) < 4.78 is 16.1. The third-order valence-electron chi connectivity index (χ3n) is 2.79. The van der Waals surface area contributed by atoms with Crippen LogP contribution in [0, 0.1) is 0 Å². The van der Waals surface area contributed by atoms with Gasteiger partial charge in [0.2, 0.25) is 0 Å². The molecule has 0 saturated carbocycles. The molecular weight excluding hydrogens is 256 g/mol. The molecule has 20 heavy (non-hydrogen) atoms. The van der Waals surface area contributed by atoms with Crippen molar-refractivity contribution >= 4 is 0 Å². The van der Waals surface area contributed by atoms with Crippen LogP contribution < -0.4 is 19.9 Å². The number of pyridine rings is 1. The van der Waals surface area contributed by atoms with E-state index in [0.29, 0.717) is 30.4 Å². The molecule has 106 valence electrons. The second kappa shape index (κ2) is 6.77. The molecule has 1 aromatic carbocycles. The van der Waals surface area contributed by atoms with Gasteiger partial charge in [-0.3, -0.25) is 4.98 Å². The van der Waals surface area contributed by atoms with Crippen LogP contribution in [0.1, 0.15) is 11.4 Å². The van der Waals surface area contributed by atoms with Crippen LogP contribution in [0.3, 0.4) is 0 Å². The fraction of sp³-hybridized carbons (Fsp3) is 0.267. The number of nitrogens with two attached hydrogens (primary N) is 1. The van der Waals surface area contributed by atoms with Crippen LogP contribution >= 0.6 is 0 Å².